The molecule has 0 rings (SSSR count). The summed E-state index contributed by atoms with van der Waals surface area (Å²) in [6.45, 7) is 5.11. The van der Waals surface area contributed by atoms with E-state index in [1.165, 1.54) is 0 Å². The van der Waals surface area contributed by atoms with Gasteiger partial charge in [-0.1, -0.05) is 6.58 Å². The van der Waals surface area contributed by atoms with Gasteiger partial charge in [-0.25, -0.2) is 8.42 Å². The summed E-state index contributed by atoms with van der Waals surface area (Å²) < 4.78 is 30.4. The second-order valence-electron chi connectivity index (χ2n) is 2.65. The maximum absolute atomic E-state index is 10.8. The number of carbonyl (C=O) groups is 1. The van der Waals surface area contributed by atoms with E-state index >= 15 is 0 Å². The van der Waals surface area contributed by atoms with Crippen LogP contribution in [0.25, 0.3) is 0 Å². The predicted molar refractivity (Wildman–Crippen MR) is 53.0 cm³/mol. The number of quaternary nitrogens is 1. The molecule has 5 N–H and O–H groups in total. The van der Waals surface area contributed by atoms with E-state index in [4.69, 9.17) is 0 Å². The van der Waals surface area contributed by atoms with Crippen molar-refractivity contribution in [1.29, 1.82) is 0 Å². The van der Waals surface area contributed by atoms with Gasteiger partial charge in [0.15, 0.2) is 0 Å². The van der Waals surface area contributed by atoms with E-state index < -0.39 is 15.9 Å². The van der Waals surface area contributed by atoms with Crippen LogP contribution in [0.5, 0.6) is 0 Å². The highest BCUT2D eigenvalue weighted by Crippen LogP contribution is 1.89. The lowest BCUT2D eigenvalue weighted by molar-refractivity contribution is -0.117. The first kappa shape index (κ1) is 15.5. The van der Waals surface area contributed by atoms with Crippen molar-refractivity contribution in [2.75, 3.05) is 12.3 Å². The minimum atomic E-state index is -4.17. The van der Waals surface area contributed by atoms with Crippen molar-refractivity contribution in [2.24, 2.45) is 0 Å². The SMILES string of the molecule is C=C(C)C(=O)NCCCS(=O)(=O)[O-].[NH4+]. The fraction of sp³-hybridized carbons (Fsp3) is 0.571. The highest BCUT2D eigenvalue weighted by Gasteiger charge is 2.00. The van der Waals surface area contributed by atoms with E-state index in [9.17, 15) is 17.8 Å². The average Bonchev–Trinajstić information content (AvgIpc) is 1.95. The number of hydrogen-bond donors (Lipinski definition) is 2. The summed E-state index contributed by atoms with van der Waals surface area (Å²) in [6, 6.07) is 0. The summed E-state index contributed by atoms with van der Waals surface area (Å²) in [4.78, 5) is 10.8. The first-order valence-corrected chi connectivity index (χ1v) is 5.28. The highest BCUT2D eigenvalue weighted by molar-refractivity contribution is 7.85. The molecule has 84 valence electrons. The molecule has 0 aromatic carbocycles. The third kappa shape index (κ3) is 9.17. The molecule has 0 saturated heterocycles. The van der Waals surface area contributed by atoms with Gasteiger partial charge in [0.1, 0.15) is 0 Å². The van der Waals surface area contributed by atoms with E-state index in [0.29, 0.717) is 5.57 Å². The van der Waals surface area contributed by atoms with Gasteiger partial charge in [0.05, 0.1) is 10.1 Å². The van der Waals surface area contributed by atoms with Crippen LogP contribution in [0.2, 0.25) is 0 Å². The van der Waals surface area contributed by atoms with Crippen LogP contribution in [0, 0.1) is 0 Å². The number of nitrogens with one attached hydrogen (secondary N) is 1. The molecular formula is C7H16N2O4S. The lowest BCUT2D eigenvalue weighted by Crippen LogP contribution is -2.26. The van der Waals surface area contributed by atoms with Crippen LogP contribution in [0.15, 0.2) is 12.2 Å². The van der Waals surface area contributed by atoms with Crippen LogP contribution < -0.4 is 11.5 Å². The minimum absolute atomic E-state index is 0. The quantitative estimate of drug-likeness (QED) is 0.387. The summed E-state index contributed by atoms with van der Waals surface area (Å²) >= 11 is 0. The Morgan fingerprint density at radius 1 is 1.50 bits per heavy atom. The van der Waals surface area contributed by atoms with Crippen molar-refractivity contribution in [3.63, 3.8) is 0 Å². The Morgan fingerprint density at radius 3 is 2.36 bits per heavy atom. The molecule has 0 spiro atoms. The fourth-order valence-corrected chi connectivity index (χ4v) is 1.10. The van der Waals surface area contributed by atoms with Gasteiger partial charge in [-0.2, -0.15) is 0 Å². The largest absolute Gasteiger partial charge is 0.748 e. The van der Waals surface area contributed by atoms with Crippen LogP contribution in [0.1, 0.15) is 13.3 Å². The monoisotopic (exact) mass is 224 g/mol. The van der Waals surface area contributed by atoms with Crippen molar-refractivity contribution in [3.8, 4) is 0 Å². The van der Waals surface area contributed by atoms with Crippen LogP contribution >= 0.6 is 0 Å². The molecule has 0 radical (unpaired) electrons. The smallest absolute Gasteiger partial charge is 0.246 e. The van der Waals surface area contributed by atoms with E-state index in [2.05, 4.69) is 11.9 Å². The van der Waals surface area contributed by atoms with Gasteiger partial charge in [-0.05, 0) is 13.3 Å². The maximum atomic E-state index is 10.8. The molecule has 0 bridgehead atoms. The highest BCUT2D eigenvalue weighted by atomic mass is 32.2. The first-order valence-electron chi connectivity index (χ1n) is 3.70. The van der Waals surface area contributed by atoms with Crippen molar-refractivity contribution in [2.45, 2.75) is 13.3 Å². The molecule has 7 heteroatoms. The molecule has 0 aromatic rings. The molecule has 0 aliphatic rings. The predicted octanol–water partition coefficient (Wildman–Crippen LogP) is -0.00980. The van der Waals surface area contributed by atoms with Crippen LogP contribution in [-0.2, 0) is 14.9 Å². The van der Waals surface area contributed by atoms with E-state index in [1.807, 2.05) is 0 Å². The molecule has 0 unspecified atom stereocenters. The van der Waals surface area contributed by atoms with Gasteiger partial charge < -0.3 is 16.0 Å². The molecule has 0 aliphatic carbocycles. The standard InChI is InChI=1S/C7H13NO4S.H3N/c1-6(2)7(9)8-4-3-5-13(10,11)12;/h1,3-5H2,2H3,(H,8,9)(H,10,11,12);1H3. The van der Waals surface area contributed by atoms with Crippen molar-refractivity contribution in [3.05, 3.63) is 12.2 Å². The van der Waals surface area contributed by atoms with Gasteiger partial charge in [-0.15, -0.1) is 0 Å². The second-order valence-corrected chi connectivity index (χ2v) is 4.18. The van der Waals surface area contributed by atoms with E-state index in [-0.39, 0.29) is 25.0 Å². The molecule has 0 heterocycles. The third-order valence-electron chi connectivity index (χ3n) is 1.24. The van der Waals surface area contributed by atoms with Crippen LogP contribution in [-0.4, -0.2) is 31.2 Å². The van der Waals surface area contributed by atoms with Gasteiger partial charge in [-0.3, -0.25) is 4.79 Å². The van der Waals surface area contributed by atoms with Crippen molar-refractivity contribution >= 4 is 16.0 Å². The Bertz CT molecular complexity index is 297. The van der Waals surface area contributed by atoms with Crippen molar-refractivity contribution < 1.29 is 17.8 Å². The Morgan fingerprint density at radius 2 is 2.00 bits per heavy atom. The van der Waals surface area contributed by atoms with E-state index in [1.54, 1.807) is 6.92 Å². The number of rotatable bonds is 5. The number of hydrogen-bond acceptors (Lipinski definition) is 4. The molecule has 6 nitrogen and oxygen atoms in total. The van der Waals surface area contributed by atoms with Gasteiger partial charge in [0.2, 0.25) is 5.91 Å². The molecule has 0 aliphatic heterocycles. The summed E-state index contributed by atoms with van der Waals surface area (Å²) in [5.41, 5.74) is 0.352. The Kier molecular flexibility index (Phi) is 7.24. The first-order chi connectivity index (χ1) is 5.83. The van der Waals surface area contributed by atoms with Gasteiger partial charge in [0.25, 0.3) is 0 Å². The zero-order valence-corrected chi connectivity index (χ0v) is 9.19. The van der Waals surface area contributed by atoms with Crippen LogP contribution in [0.3, 0.4) is 0 Å². The lowest BCUT2D eigenvalue weighted by atomic mass is 10.3. The number of carbonyl (C=O) groups excluding carboxylic acids is 1. The topological polar surface area (TPSA) is 123 Å². The average molecular weight is 224 g/mol. The molecule has 1 amide bonds. The number of amides is 1. The summed E-state index contributed by atoms with van der Waals surface area (Å²) in [5.74, 6) is -0.785. The molecule has 0 aromatic heterocycles. The molecular weight excluding hydrogens is 208 g/mol. The lowest BCUT2D eigenvalue weighted by Gasteiger charge is -2.07. The third-order valence-corrected chi connectivity index (χ3v) is 2.03. The zero-order valence-electron chi connectivity index (χ0n) is 8.37. The Hall–Kier alpha value is -0.920. The normalized spacial score (nSPS) is 10.1. The van der Waals surface area contributed by atoms with Crippen molar-refractivity contribution in [1.82, 2.24) is 11.5 Å². The fourth-order valence-electron chi connectivity index (χ4n) is 0.602. The Balaban J connectivity index is 0. The second kappa shape index (κ2) is 6.52. The molecule has 0 atom stereocenters. The van der Waals surface area contributed by atoms with Gasteiger partial charge in [0, 0.05) is 17.9 Å². The van der Waals surface area contributed by atoms with E-state index in [0.717, 1.165) is 0 Å². The molecule has 0 saturated carbocycles. The summed E-state index contributed by atoms with van der Waals surface area (Å²) in [6.07, 6.45) is 0.130. The van der Waals surface area contributed by atoms with Gasteiger partial charge >= 0.3 is 0 Å². The maximum Gasteiger partial charge on any atom is 0.246 e. The molecule has 0 fully saturated rings. The Labute approximate surface area is 83.7 Å². The summed E-state index contributed by atoms with van der Waals surface area (Å²) in [5, 5.41) is 2.41. The minimum Gasteiger partial charge on any atom is -0.748 e. The summed E-state index contributed by atoms with van der Waals surface area (Å²) in [7, 11) is -4.17. The molecule has 14 heavy (non-hydrogen) atoms. The zero-order chi connectivity index (χ0) is 10.5. The van der Waals surface area contributed by atoms with Crippen LogP contribution in [0.4, 0.5) is 0 Å².